The second kappa shape index (κ2) is 4.56. The number of allylic oxidation sites excluding steroid dienone is 3. The molecular formula is C10H12F2N2O2S. The minimum absolute atomic E-state index is 0.0217. The number of rotatable bonds is 3. The Hall–Kier alpha value is -1.24. The van der Waals surface area contributed by atoms with Gasteiger partial charge in [-0.1, -0.05) is 0 Å². The normalized spacial score (nSPS) is 27.7. The average molecular weight is 262 g/mol. The number of aliphatic carboxylic acids is 1. The van der Waals surface area contributed by atoms with Crippen LogP contribution in [0.4, 0.5) is 8.78 Å². The Morgan fingerprint density at radius 2 is 2.47 bits per heavy atom. The van der Waals surface area contributed by atoms with E-state index in [1.807, 2.05) is 0 Å². The van der Waals surface area contributed by atoms with Crippen LogP contribution >= 0.6 is 11.8 Å². The number of thioether (sulfide) groups is 1. The van der Waals surface area contributed by atoms with Crippen molar-refractivity contribution >= 4 is 17.7 Å². The van der Waals surface area contributed by atoms with Crippen LogP contribution in [0.5, 0.6) is 0 Å². The minimum Gasteiger partial charge on any atom is -0.481 e. The van der Waals surface area contributed by atoms with Gasteiger partial charge in [-0.2, -0.15) is 0 Å². The van der Waals surface area contributed by atoms with Crippen LogP contribution in [0.3, 0.4) is 0 Å². The van der Waals surface area contributed by atoms with Crippen molar-refractivity contribution in [3.05, 3.63) is 23.3 Å². The Kier molecular flexibility index (Phi) is 3.28. The van der Waals surface area contributed by atoms with E-state index in [4.69, 9.17) is 5.11 Å². The molecule has 2 atom stereocenters. The number of hydrogen-bond acceptors (Lipinski definition) is 4. The van der Waals surface area contributed by atoms with E-state index in [-0.39, 0.29) is 17.7 Å². The van der Waals surface area contributed by atoms with Crippen molar-refractivity contribution < 1.29 is 18.7 Å². The summed E-state index contributed by atoms with van der Waals surface area (Å²) < 4.78 is 26.3. The molecule has 0 saturated carbocycles. The van der Waals surface area contributed by atoms with E-state index in [0.717, 1.165) is 6.08 Å². The number of halogens is 2. The zero-order valence-corrected chi connectivity index (χ0v) is 9.93. The quantitative estimate of drug-likeness (QED) is 0.806. The van der Waals surface area contributed by atoms with E-state index < -0.39 is 18.0 Å². The molecule has 4 nitrogen and oxygen atoms in total. The highest BCUT2D eigenvalue weighted by atomic mass is 32.2. The standard InChI is InChI=1S/C10H12F2N2O2S/c1-14-8-3-6(12)5(11)2-7(8)13-10(14)17-4-9(15)16/h3,5,10,13H,2,4H2,1H3,(H,15,16). The summed E-state index contributed by atoms with van der Waals surface area (Å²) in [5.41, 5.74) is 0.939. The third-order valence-corrected chi connectivity index (χ3v) is 3.82. The number of alkyl halides is 1. The molecule has 1 aliphatic heterocycles. The predicted molar refractivity (Wildman–Crippen MR) is 60.5 cm³/mol. The molecule has 2 unspecified atom stereocenters. The van der Waals surface area contributed by atoms with Crippen molar-refractivity contribution in [2.24, 2.45) is 0 Å². The molecule has 0 aromatic rings. The van der Waals surface area contributed by atoms with Gasteiger partial charge in [-0.15, -0.1) is 11.8 Å². The molecule has 0 aromatic carbocycles. The summed E-state index contributed by atoms with van der Waals surface area (Å²) in [4.78, 5) is 12.2. The van der Waals surface area contributed by atoms with E-state index in [9.17, 15) is 13.6 Å². The largest absolute Gasteiger partial charge is 0.481 e. The summed E-state index contributed by atoms with van der Waals surface area (Å²) in [5.74, 6) is -1.75. The number of carboxylic acid groups (broad SMARTS) is 1. The summed E-state index contributed by atoms with van der Waals surface area (Å²) in [7, 11) is 1.72. The molecular weight excluding hydrogens is 250 g/mol. The Morgan fingerprint density at radius 1 is 1.76 bits per heavy atom. The Morgan fingerprint density at radius 3 is 3.12 bits per heavy atom. The van der Waals surface area contributed by atoms with Crippen molar-refractivity contribution in [3.8, 4) is 0 Å². The fraction of sp³-hybridized carbons (Fsp3) is 0.500. The average Bonchev–Trinajstić information content (AvgIpc) is 2.54. The highest BCUT2D eigenvalue weighted by Gasteiger charge is 2.34. The van der Waals surface area contributed by atoms with Gasteiger partial charge in [0.1, 0.15) is 11.3 Å². The first-order valence-corrected chi connectivity index (χ1v) is 6.11. The Labute approximate surface area is 101 Å². The number of carboxylic acids is 1. The Balaban J connectivity index is 2.06. The molecule has 17 heavy (non-hydrogen) atoms. The summed E-state index contributed by atoms with van der Waals surface area (Å²) >= 11 is 1.17. The van der Waals surface area contributed by atoms with Crippen LogP contribution < -0.4 is 5.32 Å². The van der Waals surface area contributed by atoms with E-state index in [0.29, 0.717) is 11.4 Å². The number of hydrogen-bond donors (Lipinski definition) is 2. The molecule has 0 spiro atoms. The van der Waals surface area contributed by atoms with E-state index >= 15 is 0 Å². The molecule has 0 fully saturated rings. The van der Waals surface area contributed by atoms with Gasteiger partial charge < -0.3 is 15.3 Å². The lowest BCUT2D eigenvalue weighted by molar-refractivity contribution is -0.133. The van der Waals surface area contributed by atoms with E-state index in [1.54, 1.807) is 11.9 Å². The second-order valence-corrected chi connectivity index (χ2v) is 4.95. The highest BCUT2D eigenvalue weighted by molar-refractivity contribution is 8.00. The van der Waals surface area contributed by atoms with Gasteiger partial charge in [0.15, 0.2) is 6.17 Å². The van der Waals surface area contributed by atoms with Crippen LogP contribution in [-0.4, -0.2) is 40.4 Å². The molecule has 0 aromatic heterocycles. The first-order chi connectivity index (χ1) is 7.99. The molecule has 7 heteroatoms. The highest BCUT2D eigenvalue weighted by Crippen LogP contribution is 2.34. The van der Waals surface area contributed by atoms with Gasteiger partial charge in [-0.3, -0.25) is 4.79 Å². The SMILES string of the molecule is CN1C2=C(CC(F)C(F)=C2)NC1SCC(=O)O. The van der Waals surface area contributed by atoms with E-state index in [1.165, 1.54) is 11.8 Å². The third-order valence-electron chi connectivity index (χ3n) is 2.66. The van der Waals surface area contributed by atoms with Gasteiger partial charge >= 0.3 is 5.97 Å². The third kappa shape index (κ3) is 2.38. The monoisotopic (exact) mass is 262 g/mol. The summed E-state index contributed by atoms with van der Waals surface area (Å²) in [6.45, 7) is 0. The fourth-order valence-electron chi connectivity index (χ4n) is 1.81. The van der Waals surface area contributed by atoms with Gasteiger partial charge in [0.05, 0.1) is 11.4 Å². The lowest BCUT2D eigenvalue weighted by atomic mass is 10.1. The summed E-state index contributed by atoms with van der Waals surface area (Å²) in [6.07, 6.45) is -0.456. The smallest absolute Gasteiger partial charge is 0.313 e. The van der Waals surface area contributed by atoms with Crippen LogP contribution in [0, 0.1) is 0 Å². The van der Waals surface area contributed by atoms with Gasteiger partial charge in [0.25, 0.3) is 0 Å². The lowest BCUT2D eigenvalue weighted by Crippen LogP contribution is -2.32. The predicted octanol–water partition coefficient (Wildman–Crippen LogP) is 1.43. The molecule has 1 aliphatic carbocycles. The number of nitrogens with one attached hydrogen (secondary N) is 1. The second-order valence-electron chi connectivity index (χ2n) is 3.88. The summed E-state index contributed by atoms with van der Waals surface area (Å²) in [6, 6.07) is 0. The Bertz CT molecular complexity index is 411. The van der Waals surface area contributed by atoms with E-state index in [2.05, 4.69) is 5.32 Å². The topological polar surface area (TPSA) is 52.6 Å². The van der Waals surface area contributed by atoms with Crippen LogP contribution in [0.15, 0.2) is 23.3 Å². The maximum absolute atomic E-state index is 13.1. The number of carbonyl (C=O) groups is 1. The van der Waals surface area contributed by atoms with Crippen molar-refractivity contribution in [2.45, 2.75) is 18.1 Å². The first-order valence-electron chi connectivity index (χ1n) is 5.06. The molecule has 2 aliphatic rings. The molecule has 0 amide bonds. The molecule has 2 rings (SSSR count). The summed E-state index contributed by atoms with van der Waals surface area (Å²) in [5, 5.41) is 11.6. The molecule has 2 N–H and O–H groups in total. The maximum Gasteiger partial charge on any atom is 0.313 e. The van der Waals surface area contributed by atoms with Crippen molar-refractivity contribution in [2.75, 3.05) is 12.8 Å². The van der Waals surface area contributed by atoms with Gasteiger partial charge in [-0.05, 0) is 6.08 Å². The van der Waals surface area contributed by atoms with Crippen molar-refractivity contribution in [3.63, 3.8) is 0 Å². The van der Waals surface area contributed by atoms with Crippen molar-refractivity contribution in [1.29, 1.82) is 0 Å². The minimum atomic E-state index is -1.60. The number of likely N-dealkylation sites (N-methyl/N-ethyl adjacent to an activating group) is 1. The van der Waals surface area contributed by atoms with Crippen LogP contribution in [-0.2, 0) is 4.79 Å². The maximum atomic E-state index is 13.1. The molecule has 0 bridgehead atoms. The lowest BCUT2D eigenvalue weighted by Gasteiger charge is -2.22. The van der Waals surface area contributed by atoms with Crippen LogP contribution in [0.25, 0.3) is 0 Å². The molecule has 0 saturated heterocycles. The fourth-order valence-corrected chi connectivity index (χ4v) is 2.68. The zero-order valence-electron chi connectivity index (χ0n) is 9.11. The van der Waals surface area contributed by atoms with Crippen molar-refractivity contribution in [1.82, 2.24) is 10.2 Å². The zero-order chi connectivity index (χ0) is 12.6. The van der Waals surface area contributed by atoms with Gasteiger partial charge in [0, 0.05) is 19.2 Å². The van der Waals surface area contributed by atoms with Crippen LogP contribution in [0.1, 0.15) is 6.42 Å². The van der Waals surface area contributed by atoms with Gasteiger partial charge in [0.2, 0.25) is 0 Å². The molecule has 94 valence electrons. The molecule has 0 radical (unpaired) electrons. The van der Waals surface area contributed by atoms with Gasteiger partial charge in [-0.25, -0.2) is 8.78 Å². The number of nitrogens with zero attached hydrogens (tertiary/aromatic N) is 1. The van der Waals surface area contributed by atoms with Crippen LogP contribution in [0.2, 0.25) is 0 Å². The molecule has 1 heterocycles. The first kappa shape index (κ1) is 12.2.